The van der Waals surface area contributed by atoms with Gasteiger partial charge in [0.05, 0.1) is 5.39 Å². The standard InChI is InChI=1S/C21H15BrN4O3/c22-14-5-9-16(10-6-14)29-17-11-7-15(8-12-17)23-20(27)13-26-21(28)18-3-1-2-4-19(18)24-25-26/h1-12H,13H2,(H,23,27). The zero-order valence-corrected chi connectivity index (χ0v) is 16.7. The Morgan fingerprint density at radius 1 is 0.966 bits per heavy atom. The minimum Gasteiger partial charge on any atom is -0.457 e. The van der Waals surface area contributed by atoms with Gasteiger partial charge in [-0.3, -0.25) is 9.59 Å². The molecule has 4 aromatic rings. The van der Waals surface area contributed by atoms with Gasteiger partial charge in [-0.2, -0.15) is 0 Å². The monoisotopic (exact) mass is 450 g/mol. The molecule has 0 spiro atoms. The maximum absolute atomic E-state index is 12.4. The Bertz CT molecular complexity index is 1220. The number of hydrogen-bond donors (Lipinski definition) is 1. The first kappa shape index (κ1) is 18.8. The van der Waals surface area contributed by atoms with Gasteiger partial charge in [0, 0.05) is 10.2 Å². The smallest absolute Gasteiger partial charge is 0.278 e. The Morgan fingerprint density at radius 2 is 1.62 bits per heavy atom. The quantitative estimate of drug-likeness (QED) is 0.496. The molecule has 1 amide bonds. The number of amides is 1. The Hall–Kier alpha value is -3.52. The molecule has 0 aliphatic carbocycles. The molecule has 1 heterocycles. The number of carbonyl (C=O) groups is 1. The summed E-state index contributed by atoms with van der Waals surface area (Å²) in [5.74, 6) is 0.972. The molecule has 0 saturated heterocycles. The van der Waals surface area contributed by atoms with Crippen molar-refractivity contribution in [1.29, 1.82) is 0 Å². The first-order valence-electron chi connectivity index (χ1n) is 8.74. The van der Waals surface area contributed by atoms with Crippen molar-refractivity contribution >= 4 is 38.4 Å². The second kappa shape index (κ2) is 8.24. The molecule has 0 radical (unpaired) electrons. The van der Waals surface area contributed by atoms with Crippen molar-refractivity contribution in [3.8, 4) is 11.5 Å². The Kier molecular flexibility index (Phi) is 5.35. The van der Waals surface area contributed by atoms with E-state index in [-0.39, 0.29) is 18.0 Å². The molecule has 29 heavy (non-hydrogen) atoms. The zero-order chi connectivity index (χ0) is 20.2. The SMILES string of the molecule is O=C(Cn1nnc2ccccc2c1=O)Nc1ccc(Oc2ccc(Br)cc2)cc1. The third kappa shape index (κ3) is 4.49. The normalized spacial score (nSPS) is 10.7. The van der Waals surface area contributed by atoms with Gasteiger partial charge in [0.2, 0.25) is 5.91 Å². The van der Waals surface area contributed by atoms with Crippen LogP contribution in [0.25, 0.3) is 10.9 Å². The second-order valence-corrected chi connectivity index (χ2v) is 7.11. The van der Waals surface area contributed by atoms with Crippen molar-refractivity contribution in [2.75, 3.05) is 5.32 Å². The third-order valence-electron chi connectivity index (χ3n) is 4.11. The lowest BCUT2D eigenvalue weighted by Gasteiger charge is -2.09. The van der Waals surface area contributed by atoms with Crippen LogP contribution in [0.4, 0.5) is 5.69 Å². The number of nitrogens with one attached hydrogen (secondary N) is 1. The second-order valence-electron chi connectivity index (χ2n) is 6.20. The van der Waals surface area contributed by atoms with Gasteiger partial charge in [-0.25, -0.2) is 4.68 Å². The summed E-state index contributed by atoms with van der Waals surface area (Å²) in [4.78, 5) is 24.7. The minimum atomic E-state index is -0.377. The van der Waals surface area contributed by atoms with E-state index < -0.39 is 0 Å². The van der Waals surface area contributed by atoms with Crippen LogP contribution in [0.3, 0.4) is 0 Å². The molecule has 4 rings (SSSR count). The van der Waals surface area contributed by atoms with Crippen LogP contribution in [0.2, 0.25) is 0 Å². The van der Waals surface area contributed by atoms with Gasteiger partial charge in [-0.05, 0) is 60.7 Å². The minimum absolute atomic E-state index is 0.228. The fraction of sp³-hybridized carbons (Fsp3) is 0.0476. The molecule has 0 unspecified atom stereocenters. The van der Waals surface area contributed by atoms with Crippen LogP contribution < -0.4 is 15.6 Å². The molecule has 7 nitrogen and oxygen atoms in total. The number of benzene rings is 3. The van der Waals surface area contributed by atoms with Gasteiger partial charge in [0.25, 0.3) is 5.56 Å². The topological polar surface area (TPSA) is 86.1 Å². The summed E-state index contributed by atoms with van der Waals surface area (Å²) in [6, 6.07) is 21.3. The van der Waals surface area contributed by atoms with Crippen LogP contribution in [0.15, 0.2) is 82.1 Å². The van der Waals surface area contributed by atoms with Crippen LogP contribution in [0.1, 0.15) is 0 Å². The fourth-order valence-electron chi connectivity index (χ4n) is 2.71. The molecule has 0 fully saturated rings. The first-order chi connectivity index (χ1) is 14.1. The van der Waals surface area contributed by atoms with Crippen molar-refractivity contribution in [3.63, 3.8) is 0 Å². The molecule has 144 valence electrons. The number of hydrogen-bond acceptors (Lipinski definition) is 5. The summed E-state index contributed by atoms with van der Waals surface area (Å²) in [6.07, 6.45) is 0. The largest absolute Gasteiger partial charge is 0.457 e. The van der Waals surface area contributed by atoms with E-state index in [4.69, 9.17) is 4.74 Å². The van der Waals surface area contributed by atoms with Crippen molar-refractivity contribution in [2.24, 2.45) is 0 Å². The number of rotatable bonds is 5. The number of anilines is 1. The average Bonchev–Trinajstić information content (AvgIpc) is 2.73. The summed E-state index contributed by atoms with van der Waals surface area (Å²) in [5.41, 5.74) is 0.722. The Morgan fingerprint density at radius 3 is 2.34 bits per heavy atom. The Balaban J connectivity index is 1.41. The number of aromatic nitrogens is 3. The maximum Gasteiger partial charge on any atom is 0.278 e. The molecule has 0 atom stereocenters. The van der Waals surface area contributed by atoms with Crippen LogP contribution >= 0.6 is 15.9 Å². The van der Waals surface area contributed by atoms with Gasteiger partial charge in [-0.15, -0.1) is 5.10 Å². The number of halogens is 1. The van der Waals surface area contributed by atoms with E-state index >= 15 is 0 Å². The first-order valence-corrected chi connectivity index (χ1v) is 9.54. The molecule has 3 aromatic carbocycles. The molecule has 0 bridgehead atoms. The lowest BCUT2D eigenvalue weighted by Crippen LogP contribution is -2.30. The molecule has 0 aliphatic rings. The third-order valence-corrected chi connectivity index (χ3v) is 4.64. The molecular weight excluding hydrogens is 436 g/mol. The fourth-order valence-corrected chi connectivity index (χ4v) is 2.97. The lowest BCUT2D eigenvalue weighted by atomic mass is 10.2. The number of carbonyl (C=O) groups excluding carboxylic acids is 1. The van der Waals surface area contributed by atoms with Crippen LogP contribution in [0, 0.1) is 0 Å². The van der Waals surface area contributed by atoms with Gasteiger partial charge in [-0.1, -0.05) is 33.3 Å². The summed E-state index contributed by atoms with van der Waals surface area (Å²) < 4.78 is 7.76. The highest BCUT2D eigenvalue weighted by Crippen LogP contribution is 2.24. The summed E-state index contributed by atoms with van der Waals surface area (Å²) in [7, 11) is 0. The predicted molar refractivity (Wildman–Crippen MR) is 113 cm³/mol. The van der Waals surface area contributed by atoms with E-state index in [0.29, 0.717) is 28.1 Å². The van der Waals surface area contributed by atoms with E-state index in [1.807, 2.05) is 24.3 Å². The van der Waals surface area contributed by atoms with E-state index in [0.717, 1.165) is 9.15 Å². The molecule has 0 aliphatic heterocycles. The number of ether oxygens (including phenoxy) is 1. The molecule has 1 aromatic heterocycles. The van der Waals surface area contributed by atoms with Crippen LogP contribution in [-0.4, -0.2) is 20.9 Å². The number of fused-ring (bicyclic) bond motifs is 1. The molecular formula is C21H15BrN4O3. The van der Waals surface area contributed by atoms with E-state index in [9.17, 15) is 9.59 Å². The van der Waals surface area contributed by atoms with Crippen LogP contribution in [0.5, 0.6) is 11.5 Å². The Labute approximate surface area is 174 Å². The molecule has 8 heteroatoms. The van der Waals surface area contributed by atoms with E-state index in [1.54, 1.807) is 48.5 Å². The molecule has 1 N–H and O–H groups in total. The summed E-state index contributed by atoms with van der Waals surface area (Å²) in [6.45, 7) is -0.228. The van der Waals surface area contributed by atoms with Gasteiger partial charge in [0.1, 0.15) is 23.6 Å². The highest BCUT2D eigenvalue weighted by molar-refractivity contribution is 9.10. The van der Waals surface area contributed by atoms with Gasteiger partial charge in [0.15, 0.2) is 0 Å². The highest BCUT2D eigenvalue weighted by atomic mass is 79.9. The van der Waals surface area contributed by atoms with Crippen LogP contribution in [-0.2, 0) is 11.3 Å². The van der Waals surface area contributed by atoms with Crippen molar-refractivity contribution in [1.82, 2.24) is 15.0 Å². The zero-order valence-electron chi connectivity index (χ0n) is 15.1. The van der Waals surface area contributed by atoms with Crippen molar-refractivity contribution in [3.05, 3.63) is 87.6 Å². The summed E-state index contributed by atoms with van der Waals surface area (Å²) >= 11 is 3.38. The predicted octanol–water partition coefficient (Wildman–Crippen LogP) is 3.99. The average molecular weight is 451 g/mol. The lowest BCUT2D eigenvalue weighted by molar-refractivity contribution is -0.117. The summed E-state index contributed by atoms with van der Waals surface area (Å²) in [5, 5.41) is 11.0. The van der Waals surface area contributed by atoms with Crippen molar-refractivity contribution in [2.45, 2.75) is 6.54 Å². The maximum atomic E-state index is 12.4. The van der Waals surface area contributed by atoms with E-state index in [1.165, 1.54) is 0 Å². The van der Waals surface area contributed by atoms with Crippen molar-refractivity contribution < 1.29 is 9.53 Å². The molecule has 0 saturated carbocycles. The van der Waals surface area contributed by atoms with Gasteiger partial charge >= 0.3 is 0 Å². The van der Waals surface area contributed by atoms with E-state index in [2.05, 4.69) is 31.6 Å². The van der Waals surface area contributed by atoms with Gasteiger partial charge < -0.3 is 10.1 Å². The highest BCUT2D eigenvalue weighted by Gasteiger charge is 2.10. The number of nitrogens with zero attached hydrogens (tertiary/aromatic N) is 3.